The molecule has 0 amide bonds. The molecule has 0 aliphatic rings. The fraction of sp³-hybridized carbons (Fsp3) is 0.167. The van der Waals surface area contributed by atoms with Crippen molar-refractivity contribution in [3.63, 3.8) is 0 Å². The molecule has 1 N–H and O–H groups in total. The lowest BCUT2D eigenvalue weighted by molar-refractivity contribution is -0.138. The van der Waals surface area contributed by atoms with Crippen molar-refractivity contribution < 1.29 is 27.6 Å². The Labute approximate surface area is 119 Å². The van der Waals surface area contributed by atoms with Gasteiger partial charge in [-0.2, -0.15) is 13.2 Å². The molecule has 0 spiro atoms. The predicted octanol–water partition coefficient (Wildman–Crippen LogP) is 4.13. The minimum Gasteiger partial charge on any atom is -0.477 e. The number of carboxylic acids is 1. The summed E-state index contributed by atoms with van der Waals surface area (Å²) in [6.45, 7) is 1.42. The molecule has 0 saturated heterocycles. The molecule has 0 radical (unpaired) electrons. The van der Waals surface area contributed by atoms with Gasteiger partial charge in [-0.1, -0.05) is 27.2 Å². The number of benzene rings is 1. The van der Waals surface area contributed by atoms with Gasteiger partial charge in [0.2, 0.25) is 0 Å². The lowest BCUT2D eigenvalue weighted by atomic mass is 10.0. The van der Waals surface area contributed by atoms with Gasteiger partial charge < -0.3 is 9.63 Å². The van der Waals surface area contributed by atoms with Crippen LogP contribution in [0.25, 0.3) is 11.3 Å². The van der Waals surface area contributed by atoms with Crippen LogP contribution in [0, 0.1) is 6.92 Å². The maximum absolute atomic E-state index is 12.6. The Hall–Kier alpha value is -1.83. The SMILES string of the molecule is Cc1onc(-c2ccc(C(F)(F)F)c(Br)c2)c1C(=O)O. The average molecular weight is 350 g/mol. The number of aryl methyl sites for hydroxylation is 1. The molecule has 0 unspecified atom stereocenters. The highest BCUT2D eigenvalue weighted by molar-refractivity contribution is 9.10. The molecular formula is C12H7BrF3NO3. The van der Waals surface area contributed by atoms with Gasteiger partial charge >= 0.3 is 12.1 Å². The number of rotatable bonds is 2. The van der Waals surface area contributed by atoms with Crippen molar-refractivity contribution >= 4 is 21.9 Å². The van der Waals surface area contributed by atoms with Crippen LogP contribution >= 0.6 is 15.9 Å². The molecule has 0 atom stereocenters. The Kier molecular flexibility index (Phi) is 3.59. The molecule has 8 heteroatoms. The summed E-state index contributed by atoms with van der Waals surface area (Å²) in [6.07, 6.45) is -4.49. The minimum atomic E-state index is -4.49. The molecule has 0 fully saturated rings. The Balaban J connectivity index is 2.56. The maximum Gasteiger partial charge on any atom is 0.417 e. The molecule has 20 heavy (non-hydrogen) atoms. The number of halogens is 4. The summed E-state index contributed by atoms with van der Waals surface area (Å²) < 4.78 is 42.5. The standard InChI is InChI=1S/C12H7BrF3NO3/c1-5-9(11(18)19)10(17-20-5)6-2-3-7(8(13)4-6)12(14,15)16/h2-4H,1H3,(H,18,19). The normalized spacial score (nSPS) is 11.7. The largest absolute Gasteiger partial charge is 0.477 e. The average Bonchev–Trinajstić information content (AvgIpc) is 2.69. The number of carboxylic acid groups (broad SMARTS) is 1. The van der Waals surface area contributed by atoms with Crippen LogP contribution in [0.4, 0.5) is 13.2 Å². The fourth-order valence-electron chi connectivity index (χ4n) is 1.71. The number of nitrogens with zero attached hydrogens (tertiary/aromatic N) is 1. The van der Waals surface area contributed by atoms with Crippen molar-refractivity contribution in [1.29, 1.82) is 0 Å². The first-order valence-electron chi connectivity index (χ1n) is 5.28. The number of carbonyl (C=O) groups is 1. The minimum absolute atomic E-state index is 0.00979. The molecule has 0 aliphatic heterocycles. The molecule has 106 valence electrons. The summed E-state index contributed by atoms with van der Waals surface area (Å²) in [7, 11) is 0. The Morgan fingerprint density at radius 2 is 2.05 bits per heavy atom. The van der Waals surface area contributed by atoms with E-state index in [4.69, 9.17) is 9.63 Å². The lowest BCUT2D eigenvalue weighted by Gasteiger charge is -2.09. The van der Waals surface area contributed by atoms with E-state index in [1.807, 2.05) is 0 Å². The summed E-state index contributed by atoms with van der Waals surface area (Å²) >= 11 is 2.82. The van der Waals surface area contributed by atoms with Gasteiger partial charge in [0.15, 0.2) is 0 Å². The number of hydrogen-bond acceptors (Lipinski definition) is 3. The van der Waals surface area contributed by atoms with Crippen molar-refractivity contribution in [3.8, 4) is 11.3 Å². The van der Waals surface area contributed by atoms with Gasteiger partial charge in [-0.15, -0.1) is 0 Å². The zero-order valence-corrected chi connectivity index (χ0v) is 11.5. The number of hydrogen-bond donors (Lipinski definition) is 1. The molecule has 0 bridgehead atoms. The first kappa shape index (κ1) is 14.6. The third-order valence-corrected chi connectivity index (χ3v) is 3.28. The summed E-state index contributed by atoms with van der Waals surface area (Å²) in [4.78, 5) is 11.1. The quantitative estimate of drug-likeness (QED) is 0.885. The molecule has 0 saturated carbocycles. The maximum atomic E-state index is 12.6. The second-order valence-corrected chi connectivity index (χ2v) is 4.81. The second kappa shape index (κ2) is 4.93. The summed E-state index contributed by atoms with van der Waals surface area (Å²) in [5.41, 5.74) is -0.807. The molecule has 0 aliphatic carbocycles. The van der Waals surface area contributed by atoms with Crippen LogP contribution in [0.1, 0.15) is 21.7 Å². The number of alkyl halides is 3. The molecular weight excluding hydrogens is 343 g/mol. The highest BCUT2D eigenvalue weighted by Crippen LogP contribution is 2.37. The van der Waals surface area contributed by atoms with Gasteiger partial charge in [0, 0.05) is 10.0 Å². The predicted molar refractivity (Wildman–Crippen MR) is 66.3 cm³/mol. The molecule has 2 rings (SSSR count). The number of aromatic nitrogens is 1. The zero-order valence-electron chi connectivity index (χ0n) is 9.95. The summed E-state index contributed by atoms with van der Waals surface area (Å²) in [6, 6.07) is 3.17. The van der Waals surface area contributed by atoms with Crippen molar-refractivity contribution in [1.82, 2.24) is 5.16 Å². The molecule has 1 aromatic heterocycles. The van der Waals surface area contributed by atoms with Gasteiger partial charge in [0.25, 0.3) is 0 Å². The third kappa shape index (κ3) is 2.55. The monoisotopic (exact) mass is 349 g/mol. The van der Waals surface area contributed by atoms with Crippen LogP contribution in [0.15, 0.2) is 27.2 Å². The molecule has 4 nitrogen and oxygen atoms in total. The third-order valence-electron chi connectivity index (χ3n) is 2.62. The lowest BCUT2D eigenvalue weighted by Crippen LogP contribution is -2.06. The van der Waals surface area contributed by atoms with E-state index in [2.05, 4.69) is 21.1 Å². The highest BCUT2D eigenvalue weighted by Gasteiger charge is 2.33. The van der Waals surface area contributed by atoms with E-state index in [9.17, 15) is 18.0 Å². The van der Waals surface area contributed by atoms with Gasteiger partial charge in [0.05, 0.1) is 5.56 Å². The van der Waals surface area contributed by atoms with E-state index in [1.165, 1.54) is 6.92 Å². The van der Waals surface area contributed by atoms with Crippen LogP contribution in [0.5, 0.6) is 0 Å². The van der Waals surface area contributed by atoms with Crippen LogP contribution in [-0.2, 0) is 6.18 Å². The van der Waals surface area contributed by atoms with Crippen molar-refractivity contribution in [2.24, 2.45) is 0 Å². The summed E-state index contributed by atoms with van der Waals surface area (Å²) in [5.74, 6) is -1.17. The van der Waals surface area contributed by atoms with Crippen LogP contribution in [0.2, 0.25) is 0 Å². The van der Waals surface area contributed by atoms with Crippen LogP contribution in [-0.4, -0.2) is 16.2 Å². The van der Waals surface area contributed by atoms with E-state index in [-0.39, 0.29) is 27.1 Å². The number of aromatic carboxylic acids is 1. The van der Waals surface area contributed by atoms with Gasteiger partial charge in [-0.05, 0) is 19.1 Å². The first-order valence-corrected chi connectivity index (χ1v) is 6.07. The Bertz CT molecular complexity index is 679. The second-order valence-electron chi connectivity index (χ2n) is 3.96. The van der Waals surface area contributed by atoms with Crippen molar-refractivity contribution in [2.45, 2.75) is 13.1 Å². The zero-order chi connectivity index (χ0) is 15.1. The van der Waals surface area contributed by atoms with Crippen LogP contribution < -0.4 is 0 Å². The van der Waals surface area contributed by atoms with Gasteiger partial charge in [0.1, 0.15) is 17.0 Å². The van der Waals surface area contributed by atoms with Gasteiger partial charge in [-0.25, -0.2) is 4.79 Å². The molecule has 2 aromatic rings. The van der Waals surface area contributed by atoms with Crippen molar-refractivity contribution in [2.75, 3.05) is 0 Å². The fourth-order valence-corrected chi connectivity index (χ4v) is 2.32. The van der Waals surface area contributed by atoms with Crippen LogP contribution in [0.3, 0.4) is 0 Å². The van der Waals surface area contributed by atoms with E-state index in [0.29, 0.717) is 0 Å². The Morgan fingerprint density at radius 3 is 2.55 bits per heavy atom. The Morgan fingerprint density at radius 1 is 1.40 bits per heavy atom. The van der Waals surface area contributed by atoms with E-state index in [1.54, 1.807) is 0 Å². The molecule has 1 heterocycles. The van der Waals surface area contributed by atoms with Gasteiger partial charge in [-0.3, -0.25) is 0 Å². The van der Waals surface area contributed by atoms with Crippen molar-refractivity contribution in [3.05, 3.63) is 39.6 Å². The van der Waals surface area contributed by atoms with E-state index < -0.39 is 17.7 Å². The van der Waals surface area contributed by atoms with E-state index >= 15 is 0 Å². The van der Waals surface area contributed by atoms with E-state index in [0.717, 1.165) is 18.2 Å². The smallest absolute Gasteiger partial charge is 0.417 e. The summed E-state index contributed by atoms with van der Waals surface area (Å²) in [5, 5.41) is 12.6. The first-order chi connectivity index (χ1) is 9.21. The highest BCUT2D eigenvalue weighted by atomic mass is 79.9. The topological polar surface area (TPSA) is 63.3 Å². The molecule has 1 aromatic carbocycles.